The molecular weight excluding hydrogens is 201 g/mol. The van der Waals surface area contributed by atoms with Crippen LogP contribution in [0.25, 0.3) is 0 Å². The first-order valence-electron chi connectivity index (χ1n) is 5.16. The molecule has 0 fully saturated rings. The van der Waals surface area contributed by atoms with Crippen LogP contribution in [-0.4, -0.2) is 0 Å². The number of halogens is 3. The van der Waals surface area contributed by atoms with Crippen molar-refractivity contribution in [3.05, 3.63) is 35.4 Å². The molecule has 0 radical (unpaired) electrons. The lowest BCUT2D eigenvalue weighted by Gasteiger charge is -2.18. The molecule has 0 aliphatic heterocycles. The maximum Gasteiger partial charge on any atom is 0.416 e. The molecule has 1 aromatic carbocycles. The number of alkyl halides is 3. The van der Waals surface area contributed by atoms with Crippen molar-refractivity contribution in [3.8, 4) is 0 Å². The summed E-state index contributed by atoms with van der Waals surface area (Å²) in [4.78, 5) is 0. The summed E-state index contributed by atoms with van der Waals surface area (Å²) < 4.78 is 38.0. The molecule has 0 atom stereocenters. The van der Waals surface area contributed by atoms with Crippen LogP contribution in [0.15, 0.2) is 24.3 Å². The van der Waals surface area contributed by atoms with Gasteiger partial charge in [-0.2, -0.15) is 13.2 Å². The van der Waals surface area contributed by atoms with Crippen LogP contribution < -0.4 is 0 Å². The molecule has 0 amide bonds. The highest BCUT2D eigenvalue weighted by atomic mass is 19.4. The van der Waals surface area contributed by atoms with Crippen molar-refractivity contribution in [1.82, 2.24) is 0 Å². The van der Waals surface area contributed by atoms with Crippen LogP contribution in [-0.2, 0) is 6.18 Å². The Morgan fingerprint density at radius 3 is 2.07 bits per heavy atom. The smallest absolute Gasteiger partial charge is 0.166 e. The quantitative estimate of drug-likeness (QED) is 0.692. The van der Waals surface area contributed by atoms with Gasteiger partial charge in [0.05, 0.1) is 5.56 Å². The van der Waals surface area contributed by atoms with Gasteiger partial charge in [-0.1, -0.05) is 32.0 Å². The average Bonchev–Trinajstić information content (AvgIpc) is 2.19. The first-order chi connectivity index (χ1) is 7.00. The molecule has 0 aromatic heterocycles. The predicted octanol–water partition coefficient (Wildman–Crippen LogP) is 4.61. The zero-order valence-electron chi connectivity index (χ0n) is 8.93. The third-order valence-corrected chi connectivity index (χ3v) is 2.69. The summed E-state index contributed by atoms with van der Waals surface area (Å²) in [7, 11) is 0. The summed E-state index contributed by atoms with van der Waals surface area (Å²) in [5.41, 5.74) is -0.0614. The Kier molecular flexibility index (Phi) is 3.77. The SMILES string of the molecule is CCC(CC)c1ccccc1C(F)(F)F. The van der Waals surface area contributed by atoms with E-state index in [-0.39, 0.29) is 5.92 Å². The fourth-order valence-electron chi connectivity index (χ4n) is 1.84. The topological polar surface area (TPSA) is 0 Å². The monoisotopic (exact) mass is 216 g/mol. The molecule has 0 N–H and O–H groups in total. The van der Waals surface area contributed by atoms with Crippen molar-refractivity contribution >= 4 is 0 Å². The van der Waals surface area contributed by atoms with E-state index in [1.165, 1.54) is 6.07 Å². The van der Waals surface area contributed by atoms with Gasteiger partial charge in [-0.3, -0.25) is 0 Å². The Hall–Kier alpha value is -0.990. The van der Waals surface area contributed by atoms with Gasteiger partial charge in [-0.05, 0) is 30.4 Å². The van der Waals surface area contributed by atoms with Crippen LogP contribution in [0.3, 0.4) is 0 Å². The second-order valence-corrected chi connectivity index (χ2v) is 3.60. The third kappa shape index (κ3) is 2.74. The summed E-state index contributed by atoms with van der Waals surface area (Å²) in [6, 6.07) is 5.85. The number of hydrogen-bond donors (Lipinski definition) is 0. The van der Waals surface area contributed by atoms with E-state index in [9.17, 15) is 13.2 Å². The van der Waals surface area contributed by atoms with Crippen molar-refractivity contribution < 1.29 is 13.2 Å². The van der Waals surface area contributed by atoms with E-state index in [4.69, 9.17) is 0 Å². The molecule has 0 saturated carbocycles. The Bertz CT molecular complexity index is 311. The largest absolute Gasteiger partial charge is 0.416 e. The van der Waals surface area contributed by atoms with Crippen molar-refractivity contribution in [1.29, 1.82) is 0 Å². The molecule has 0 aliphatic rings. The highest BCUT2D eigenvalue weighted by Crippen LogP contribution is 2.36. The average molecular weight is 216 g/mol. The van der Waals surface area contributed by atoms with Gasteiger partial charge in [0, 0.05) is 0 Å². The van der Waals surface area contributed by atoms with E-state index in [0.29, 0.717) is 5.56 Å². The van der Waals surface area contributed by atoms with E-state index >= 15 is 0 Å². The molecule has 0 heterocycles. The van der Waals surface area contributed by atoms with Gasteiger partial charge >= 0.3 is 6.18 Å². The first kappa shape index (κ1) is 12.1. The van der Waals surface area contributed by atoms with Gasteiger partial charge in [-0.25, -0.2) is 0 Å². The molecular formula is C12H15F3. The van der Waals surface area contributed by atoms with E-state index in [0.717, 1.165) is 18.9 Å². The van der Waals surface area contributed by atoms with E-state index < -0.39 is 11.7 Å². The minimum atomic E-state index is -4.24. The molecule has 3 heteroatoms. The second kappa shape index (κ2) is 4.69. The van der Waals surface area contributed by atoms with Crippen molar-refractivity contribution in [3.63, 3.8) is 0 Å². The minimum absolute atomic E-state index is 0.00262. The first-order valence-corrected chi connectivity index (χ1v) is 5.16. The fraction of sp³-hybridized carbons (Fsp3) is 0.500. The Morgan fingerprint density at radius 2 is 1.60 bits per heavy atom. The molecule has 15 heavy (non-hydrogen) atoms. The molecule has 0 aliphatic carbocycles. The highest BCUT2D eigenvalue weighted by Gasteiger charge is 2.34. The summed E-state index contributed by atoms with van der Waals surface area (Å²) in [6.45, 7) is 3.84. The molecule has 0 bridgehead atoms. The normalized spacial score (nSPS) is 12.1. The van der Waals surface area contributed by atoms with Crippen molar-refractivity contribution in [2.45, 2.75) is 38.8 Å². The van der Waals surface area contributed by atoms with E-state index in [2.05, 4.69) is 0 Å². The standard InChI is InChI=1S/C12H15F3/c1-3-9(4-2)10-7-5-6-8-11(10)12(13,14)15/h5-9H,3-4H2,1-2H3. The van der Waals surface area contributed by atoms with Crippen LogP contribution in [0, 0.1) is 0 Å². The van der Waals surface area contributed by atoms with Crippen molar-refractivity contribution in [2.24, 2.45) is 0 Å². The van der Waals surface area contributed by atoms with Gasteiger partial charge in [-0.15, -0.1) is 0 Å². The summed E-state index contributed by atoms with van der Waals surface area (Å²) >= 11 is 0. The predicted molar refractivity (Wildman–Crippen MR) is 54.8 cm³/mol. The molecule has 84 valence electrons. The lowest BCUT2D eigenvalue weighted by molar-refractivity contribution is -0.138. The van der Waals surface area contributed by atoms with Crippen LogP contribution in [0.2, 0.25) is 0 Å². The van der Waals surface area contributed by atoms with Gasteiger partial charge in [0.25, 0.3) is 0 Å². The Labute approximate surface area is 88.1 Å². The second-order valence-electron chi connectivity index (χ2n) is 3.60. The van der Waals surface area contributed by atoms with Crippen molar-refractivity contribution in [2.75, 3.05) is 0 Å². The van der Waals surface area contributed by atoms with Crippen LogP contribution in [0.1, 0.15) is 43.7 Å². The number of rotatable bonds is 3. The summed E-state index contributed by atoms with van der Waals surface area (Å²) in [6.07, 6.45) is -2.76. The van der Waals surface area contributed by atoms with Gasteiger partial charge in [0.15, 0.2) is 0 Å². The van der Waals surface area contributed by atoms with Crippen LogP contribution in [0.4, 0.5) is 13.2 Å². The zero-order chi connectivity index (χ0) is 11.5. The summed E-state index contributed by atoms with van der Waals surface area (Å²) in [5.74, 6) is 0.00262. The molecule has 0 spiro atoms. The Morgan fingerprint density at radius 1 is 1.07 bits per heavy atom. The summed E-state index contributed by atoms with van der Waals surface area (Å²) in [5, 5.41) is 0. The highest BCUT2D eigenvalue weighted by molar-refractivity contribution is 5.32. The van der Waals surface area contributed by atoms with Gasteiger partial charge in [0.2, 0.25) is 0 Å². The molecule has 1 aromatic rings. The van der Waals surface area contributed by atoms with Gasteiger partial charge in [0.1, 0.15) is 0 Å². The van der Waals surface area contributed by atoms with E-state index in [1.807, 2.05) is 13.8 Å². The third-order valence-electron chi connectivity index (χ3n) is 2.69. The lowest BCUT2D eigenvalue weighted by Crippen LogP contribution is -2.11. The maximum absolute atomic E-state index is 12.7. The number of hydrogen-bond acceptors (Lipinski definition) is 0. The lowest BCUT2D eigenvalue weighted by atomic mass is 9.90. The molecule has 0 nitrogen and oxygen atoms in total. The fourth-order valence-corrected chi connectivity index (χ4v) is 1.84. The molecule has 0 unspecified atom stereocenters. The van der Waals surface area contributed by atoms with E-state index in [1.54, 1.807) is 12.1 Å². The number of benzene rings is 1. The minimum Gasteiger partial charge on any atom is -0.166 e. The Balaban J connectivity index is 3.17. The van der Waals surface area contributed by atoms with Crippen LogP contribution >= 0.6 is 0 Å². The molecule has 0 saturated heterocycles. The maximum atomic E-state index is 12.7. The zero-order valence-corrected chi connectivity index (χ0v) is 8.93. The van der Waals surface area contributed by atoms with Gasteiger partial charge < -0.3 is 0 Å². The molecule has 1 rings (SSSR count). The van der Waals surface area contributed by atoms with Crippen LogP contribution in [0.5, 0.6) is 0 Å².